The normalized spacial score (nSPS) is 33.9. The maximum Gasteiger partial charge on any atom is 0.159 e. The molecule has 0 amide bonds. The van der Waals surface area contributed by atoms with Gasteiger partial charge in [0.05, 0.1) is 36.8 Å². The number of aromatic nitrogens is 1. The third-order valence-corrected chi connectivity index (χ3v) is 3.97. The molecule has 6 N–H and O–H groups in total. The Morgan fingerprint density at radius 2 is 2.30 bits per heavy atom. The van der Waals surface area contributed by atoms with Crippen LogP contribution >= 0.6 is 0 Å². The lowest BCUT2D eigenvalue weighted by atomic mass is 9.90. The number of anilines is 1. The predicted molar refractivity (Wildman–Crippen MR) is 71.8 cm³/mol. The van der Waals surface area contributed by atoms with E-state index in [4.69, 9.17) is 10.2 Å². The monoisotopic (exact) mass is 279 g/mol. The van der Waals surface area contributed by atoms with Crippen LogP contribution in [0.2, 0.25) is 0 Å². The van der Waals surface area contributed by atoms with Crippen LogP contribution in [0.1, 0.15) is 18.7 Å². The lowest BCUT2D eigenvalue weighted by Gasteiger charge is -2.27. The molecule has 0 saturated carbocycles. The molecule has 0 radical (unpaired) electrons. The van der Waals surface area contributed by atoms with Crippen molar-refractivity contribution in [1.82, 2.24) is 10.3 Å². The number of aliphatic hydroxyl groups excluding tert-OH is 2. The zero-order valence-corrected chi connectivity index (χ0v) is 10.9. The fourth-order valence-electron chi connectivity index (χ4n) is 2.77. The highest BCUT2D eigenvalue weighted by Crippen LogP contribution is 2.39. The standard InChI is InChI=1S/C13H17N3O4/c1-13(19)11(16-8(5-17)12(13)18)9-10-6(2-3-20-10)7(14)4-15-9/h2-4,8,11-12,16-19H,5,14H2,1H3. The summed E-state index contributed by atoms with van der Waals surface area (Å²) in [5.41, 5.74) is 5.75. The van der Waals surface area contributed by atoms with Crippen molar-refractivity contribution in [2.45, 2.75) is 30.7 Å². The second-order valence-electron chi connectivity index (χ2n) is 5.32. The van der Waals surface area contributed by atoms with Crippen LogP contribution < -0.4 is 11.1 Å². The van der Waals surface area contributed by atoms with E-state index in [1.807, 2.05) is 0 Å². The van der Waals surface area contributed by atoms with Gasteiger partial charge < -0.3 is 25.5 Å². The molecule has 3 heterocycles. The van der Waals surface area contributed by atoms with Gasteiger partial charge in [0.25, 0.3) is 0 Å². The third kappa shape index (κ3) is 1.71. The minimum atomic E-state index is -1.48. The predicted octanol–water partition coefficient (Wildman–Crippen LogP) is -0.473. The average molecular weight is 279 g/mol. The number of hydrogen-bond acceptors (Lipinski definition) is 7. The molecule has 0 aromatic carbocycles. The van der Waals surface area contributed by atoms with Crippen molar-refractivity contribution in [2.75, 3.05) is 12.3 Å². The maximum atomic E-state index is 10.5. The molecule has 0 spiro atoms. The Kier molecular flexibility index (Phi) is 2.94. The van der Waals surface area contributed by atoms with Gasteiger partial charge >= 0.3 is 0 Å². The number of nitrogens with two attached hydrogens (primary N) is 1. The SMILES string of the molecule is CC1(O)C(c2ncc(N)c3ccoc23)NC(CO)C1O. The number of nitrogen functional groups attached to an aromatic ring is 1. The number of nitrogens with zero attached hydrogens (tertiary/aromatic N) is 1. The first-order valence-corrected chi connectivity index (χ1v) is 6.35. The Morgan fingerprint density at radius 3 is 2.95 bits per heavy atom. The van der Waals surface area contributed by atoms with Crippen LogP contribution in [0.3, 0.4) is 0 Å². The molecule has 0 aliphatic carbocycles. The highest BCUT2D eigenvalue weighted by molar-refractivity contribution is 5.90. The number of aliphatic hydroxyl groups is 3. The van der Waals surface area contributed by atoms with E-state index in [9.17, 15) is 15.3 Å². The van der Waals surface area contributed by atoms with Crippen LogP contribution in [0.15, 0.2) is 22.9 Å². The quantitative estimate of drug-likeness (QED) is 0.503. The van der Waals surface area contributed by atoms with Crippen molar-refractivity contribution in [3.05, 3.63) is 24.2 Å². The van der Waals surface area contributed by atoms with Crippen molar-refractivity contribution in [2.24, 2.45) is 0 Å². The molecule has 0 bridgehead atoms. The Bertz CT molecular complexity index is 640. The summed E-state index contributed by atoms with van der Waals surface area (Å²) in [6.45, 7) is 1.21. The van der Waals surface area contributed by atoms with Crippen LogP contribution in [0.5, 0.6) is 0 Å². The molecule has 7 heteroatoms. The number of furan rings is 1. The van der Waals surface area contributed by atoms with Crippen LogP contribution in [-0.2, 0) is 0 Å². The summed E-state index contributed by atoms with van der Waals surface area (Å²) in [7, 11) is 0. The number of hydrogen-bond donors (Lipinski definition) is 5. The number of nitrogens with one attached hydrogen (secondary N) is 1. The maximum absolute atomic E-state index is 10.5. The van der Waals surface area contributed by atoms with Crippen molar-refractivity contribution in [3.8, 4) is 0 Å². The van der Waals surface area contributed by atoms with E-state index in [-0.39, 0.29) is 6.61 Å². The van der Waals surface area contributed by atoms with E-state index in [0.717, 1.165) is 0 Å². The van der Waals surface area contributed by atoms with Gasteiger partial charge in [-0.05, 0) is 13.0 Å². The van der Waals surface area contributed by atoms with Gasteiger partial charge in [0.2, 0.25) is 0 Å². The molecule has 1 fully saturated rings. The van der Waals surface area contributed by atoms with Gasteiger partial charge in [-0.3, -0.25) is 10.3 Å². The van der Waals surface area contributed by atoms with Crippen molar-refractivity contribution in [3.63, 3.8) is 0 Å². The van der Waals surface area contributed by atoms with Gasteiger partial charge in [-0.2, -0.15) is 0 Å². The Labute approximate surface area is 115 Å². The molecule has 3 rings (SSSR count). The van der Waals surface area contributed by atoms with Crippen LogP contribution in [-0.4, -0.2) is 44.7 Å². The number of fused-ring (bicyclic) bond motifs is 1. The van der Waals surface area contributed by atoms with E-state index in [1.165, 1.54) is 19.4 Å². The largest absolute Gasteiger partial charge is 0.462 e. The summed E-state index contributed by atoms with van der Waals surface area (Å²) in [5.74, 6) is 0. The summed E-state index contributed by atoms with van der Waals surface area (Å²) >= 11 is 0. The van der Waals surface area contributed by atoms with E-state index >= 15 is 0 Å². The lowest BCUT2D eigenvalue weighted by molar-refractivity contribution is -0.0581. The van der Waals surface area contributed by atoms with Gasteiger partial charge in [-0.25, -0.2) is 0 Å². The Hall–Kier alpha value is -1.67. The molecule has 2 aromatic rings. The summed E-state index contributed by atoms with van der Waals surface area (Å²) in [4.78, 5) is 4.23. The summed E-state index contributed by atoms with van der Waals surface area (Å²) in [6, 6.07) is 0.433. The van der Waals surface area contributed by atoms with E-state index in [2.05, 4.69) is 10.3 Å². The van der Waals surface area contributed by atoms with Crippen molar-refractivity contribution >= 4 is 16.7 Å². The van der Waals surface area contributed by atoms with Crippen LogP contribution in [0.25, 0.3) is 11.0 Å². The van der Waals surface area contributed by atoms with Gasteiger partial charge in [-0.1, -0.05) is 0 Å². The lowest BCUT2D eigenvalue weighted by Crippen LogP contribution is -2.43. The Morgan fingerprint density at radius 1 is 1.55 bits per heavy atom. The molecule has 2 aromatic heterocycles. The molecule has 108 valence electrons. The zero-order chi connectivity index (χ0) is 14.5. The van der Waals surface area contributed by atoms with Gasteiger partial charge in [0.15, 0.2) is 5.58 Å². The minimum absolute atomic E-state index is 0.288. The third-order valence-electron chi connectivity index (χ3n) is 3.97. The molecule has 1 saturated heterocycles. The van der Waals surface area contributed by atoms with Crippen molar-refractivity contribution in [1.29, 1.82) is 0 Å². The molecule has 20 heavy (non-hydrogen) atoms. The summed E-state index contributed by atoms with van der Waals surface area (Å²) in [5, 5.41) is 33.5. The van der Waals surface area contributed by atoms with Crippen LogP contribution in [0, 0.1) is 0 Å². The first-order valence-electron chi connectivity index (χ1n) is 6.35. The van der Waals surface area contributed by atoms with Gasteiger partial charge in [0.1, 0.15) is 17.4 Å². The Balaban J connectivity index is 2.12. The molecule has 4 atom stereocenters. The first kappa shape index (κ1) is 13.3. The van der Waals surface area contributed by atoms with Gasteiger partial charge in [0, 0.05) is 5.39 Å². The number of pyridine rings is 1. The zero-order valence-electron chi connectivity index (χ0n) is 10.9. The van der Waals surface area contributed by atoms with Crippen molar-refractivity contribution < 1.29 is 19.7 Å². The minimum Gasteiger partial charge on any atom is -0.462 e. The number of rotatable bonds is 2. The fourth-order valence-corrected chi connectivity index (χ4v) is 2.77. The first-order chi connectivity index (χ1) is 9.46. The average Bonchev–Trinajstić information content (AvgIpc) is 2.98. The molecule has 4 unspecified atom stereocenters. The molecule has 1 aliphatic rings. The molecule has 7 nitrogen and oxygen atoms in total. The molecular formula is C13H17N3O4. The van der Waals surface area contributed by atoms with E-state index in [0.29, 0.717) is 22.4 Å². The topological polar surface area (TPSA) is 125 Å². The summed E-state index contributed by atoms with van der Waals surface area (Å²) in [6.07, 6.45) is 1.88. The second kappa shape index (κ2) is 4.42. The van der Waals surface area contributed by atoms with E-state index < -0.39 is 23.8 Å². The highest BCUT2D eigenvalue weighted by Gasteiger charge is 2.52. The summed E-state index contributed by atoms with van der Waals surface area (Å²) < 4.78 is 5.40. The molecular weight excluding hydrogens is 262 g/mol. The fraction of sp³-hybridized carbons (Fsp3) is 0.462. The van der Waals surface area contributed by atoms with E-state index in [1.54, 1.807) is 6.07 Å². The van der Waals surface area contributed by atoms with Crippen LogP contribution in [0.4, 0.5) is 5.69 Å². The molecule has 1 aliphatic heterocycles. The second-order valence-corrected chi connectivity index (χ2v) is 5.32. The highest BCUT2D eigenvalue weighted by atomic mass is 16.4. The smallest absolute Gasteiger partial charge is 0.159 e. The van der Waals surface area contributed by atoms with Gasteiger partial charge in [-0.15, -0.1) is 0 Å².